The summed E-state index contributed by atoms with van der Waals surface area (Å²) in [4.78, 5) is 4.92. The van der Waals surface area contributed by atoms with Crippen LogP contribution in [0.25, 0.3) is 0 Å². The lowest BCUT2D eigenvalue weighted by atomic mass is 9.91. The molecule has 21 heavy (non-hydrogen) atoms. The number of piperidine rings is 1. The lowest BCUT2D eigenvalue weighted by Crippen LogP contribution is -2.45. The molecule has 1 aliphatic heterocycles. The minimum absolute atomic E-state index is 0.316. The maximum Gasteiger partial charge on any atom is 0.106 e. The maximum atomic E-state index is 9.51. The zero-order valence-electron chi connectivity index (χ0n) is 14.5. The predicted octanol–water partition coefficient (Wildman–Crippen LogP) is 2.46. The minimum atomic E-state index is -0.316. The van der Waals surface area contributed by atoms with Crippen LogP contribution in [0.5, 0.6) is 0 Å². The van der Waals surface area contributed by atoms with E-state index >= 15 is 0 Å². The van der Waals surface area contributed by atoms with Crippen molar-refractivity contribution < 1.29 is 0 Å². The zero-order valence-corrected chi connectivity index (χ0v) is 14.5. The summed E-state index contributed by atoms with van der Waals surface area (Å²) >= 11 is 0. The van der Waals surface area contributed by atoms with Gasteiger partial charge in [-0.3, -0.25) is 5.32 Å². The third-order valence-electron chi connectivity index (χ3n) is 4.96. The second-order valence-electron chi connectivity index (χ2n) is 6.59. The van der Waals surface area contributed by atoms with Gasteiger partial charge in [-0.05, 0) is 78.8 Å². The molecule has 0 aliphatic carbocycles. The smallest absolute Gasteiger partial charge is 0.106 e. The average molecular weight is 294 g/mol. The van der Waals surface area contributed by atoms with E-state index in [1.54, 1.807) is 0 Å². The van der Waals surface area contributed by atoms with Gasteiger partial charge in [0.2, 0.25) is 0 Å². The Balaban J connectivity index is 2.34. The van der Waals surface area contributed by atoms with Gasteiger partial charge in [0.05, 0.1) is 6.07 Å². The quantitative estimate of drug-likeness (QED) is 0.709. The first kappa shape index (κ1) is 18.4. The van der Waals surface area contributed by atoms with Gasteiger partial charge >= 0.3 is 0 Å². The van der Waals surface area contributed by atoms with Crippen LogP contribution < -0.4 is 5.32 Å². The summed E-state index contributed by atoms with van der Waals surface area (Å²) in [6, 6.07) is 3.25. The number of hydrogen-bond acceptors (Lipinski definition) is 4. The van der Waals surface area contributed by atoms with Crippen LogP contribution >= 0.6 is 0 Å². The van der Waals surface area contributed by atoms with Crippen LogP contribution in [0.1, 0.15) is 52.4 Å². The Morgan fingerprint density at radius 2 is 2.00 bits per heavy atom. The van der Waals surface area contributed by atoms with E-state index in [9.17, 15) is 5.26 Å². The van der Waals surface area contributed by atoms with Crippen LogP contribution in [0.3, 0.4) is 0 Å². The molecule has 1 fully saturated rings. The standard InChI is InChI=1S/C17H34N4/c1-5-11-19-17(6-2,15-18)10-7-12-21(4)16-8-13-20(3)14-9-16/h16,19H,5-14H2,1-4H3. The Kier molecular flexibility index (Phi) is 8.24. The molecule has 0 radical (unpaired) electrons. The van der Waals surface area contributed by atoms with Crippen molar-refractivity contribution in [1.82, 2.24) is 15.1 Å². The SMILES string of the molecule is CCCNC(C#N)(CC)CCCN(C)C1CCN(C)CC1. The Morgan fingerprint density at radius 3 is 2.52 bits per heavy atom. The third kappa shape index (κ3) is 5.94. The summed E-state index contributed by atoms with van der Waals surface area (Å²) in [6.07, 6.45) is 6.58. The Morgan fingerprint density at radius 1 is 1.33 bits per heavy atom. The molecule has 4 nitrogen and oxygen atoms in total. The Hall–Kier alpha value is -0.630. The molecule has 1 N–H and O–H groups in total. The van der Waals surface area contributed by atoms with Gasteiger partial charge in [-0.2, -0.15) is 5.26 Å². The van der Waals surface area contributed by atoms with E-state index < -0.39 is 0 Å². The Labute approximate surface area is 131 Å². The molecule has 0 amide bonds. The van der Waals surface area contributed by atoms with E-state index in [0.717, 1.165) is 44.8 Å². The number of rotatable bonds is 9. The van der Waals surface area contributed by atoms with Gasteiger partial charge in [-0.15, -0.1) is 0 Å². The maximum absolute atomic E-state index is 9.51. The fraction of sp³-hybridized carbons (Fsp3) is 0.941. The molecule has 0 spiro atoms. The summed E-state index contributed by atoms with van der Waals surface area (Å²) in [5.74, 6) is 0. The molecule has 0 aromatic rings. The van der Waals surface area contributed by atoms with E-state index in [0.29, 0.717) is 0 Å². The second kappa shape index (κ2) is 9.40. The molecule has 1 heterocycles. The molecule has 1 saturated heterocycles. The zero-order chi connectivity index (χ0) is 15.7. The van der Waals surface area contributed by atoms with Crippen LogP contribution in [0.4, 0.5) is 0 Å². The predicted molar refractivity (Wildman–Crippen MR) is 89.3 cm³/mol. The summed E-state index contributed by atoms with van der Waals surface area (Å²) in [6.45, 7) is 8.73. The molecule has 0 aromatic heterocycles. The van der Waals surface area contributed by atoms with Crippen molar-refractivity contribution >= 4 is 0 Å². The van der Waals surface area contributed by atoms with Crippen molar-refractivity contribution in [2.24, 2.45) is 0 Å². The van der Waals surface area contributed by atoms with Gasteiger partial charge in [-0.1, -0.05) is 13.8 Å². The number of hydrogen-bond donors (Lipinski definition) is 1. The van der Waals surface area contributed by atoms with E-state index in [4.69, 9.17) is 0 Å². The number of likely N-dealkylation sites (tertiary alicyclic amines) is 1. The van der Waals surface area contributed by atoms with Crippen molar-refractivity contribution in [3.05, 3.63) is 0 Å². The normalized spacial score (nSPS) is 20.4. The molecule has 1 aliphatic rings. The van der Waals surface area contributed by atoms with Crippen LogP contribution in [-0.4, -0.2) is 61.7 Å². The van der Waals surface area contributed by atoms with E-state index in [1.165, 1.54) is 25.9 Å². The van der Waals surface area contributed by atoms with E-state index in [1.807, 2.05) is 0 Å². The molecule has 4 heteroatoms. The fourth-order valence-electron chi connectivity index (χ4n) is 3.18. The lowest BCUT2D eigenvalue weighted by Gasteiger charge is -2.35. The van der Waals surface area contributed by atoms with Gasteiger partial charge in [-0.25, -0.2) is 0 Å². The van der Waals surface area contributed by atoms with E-state index in [2.05, 4.69) is 49.1 Å². The van der Waals surface area contributed by atoms with Crippen molar-refractivity contribution in [3.63, 3.8) is 0 Å². The highest BCUT2D eigenvalue weighted by atomic mass is 15.2. The van der Waals surface area contributed by atoms with Crippen LogP contribution in [0.2, 0.25) is 0 Å². The molecular formula is C17H34N4. The van der Waals surface area contributed by atoms with Crippen LogP contribution in [-0.2, 0) is 0 Å². The van der Waals surface area contributed by atoms with Crippen molar-refractivity contribution in [2.45, 2.75) is 64.0 Å². The van der Waals surface area contributed by atoms with E-state index in [-0.39, 0.29) is 5.54 Å². The number of nitrogens with zero attached hydrogens (tertiary/aromatic N) is 3. The highest BCUT2D eigenvalue weighted by molar-refractivity contribution is 5.06. The van der Waals surface area contributed by atoms with Crippen molar-refractivity contribution in [2.75, 3.05) is 40.3 Å². The van der Waals surface area contributed by atoms with Gasteiger partial charge < -0.3 is 9.80 Å². The molecule has 0 saturated carbocycles. The molecule has 1 unspecified atom stereocenters. The van der Waals surface area contributed by atoms with Gasteiger partial charge in [0.15, 0.2) is 0 Å². The fourth-order valence-corrected chi connectivity index (χ4v) is 3.18. The van der Waals surface area contributed by atoms with Gasteiger partial charge in [0.25, 0.3) is 0 Å². The largest absolute Gasteiger partial charge is 0.306 e. The summed E-state index contributed by atoms with van der Waals surface area (Å²) in [7, 11) is 4.45. The second-order valence-corrected chi connectivity index (χ2v) is 6.59. The molecule has 0 bridgehead atoms. The first-order valence-electron chi connectivity index (χ1n) is 8.62. The summed E-state index contributed by atoms with van der Waals surface area (Å²) in [5, 5.41) is 13.0. The lowest BCUT2D eigenvalue weighted by molar-refractivity contribution is 0.140. The Bertz CT molecular complexity index is 317. The average Bonchev–Trinajstić information content (AvgIpc) is 2.51. The molecule has 1 atom stereocenters. The first-order valence-corrected chi connectivity index (χ1v) is 8.62. The van der Waals surface area contributed by atoms with Crippen molar-refractivity contribution in [3.8, 4) is 6.07 Å². The van der Waals surface area contributed by atoms with Crippen molar-refractivity contribution in [1.29, 1.82) is 5.26 Å². The number of nitriles is 1. The van der Waals surface area contributed by atoms with Gasteiger partial charge in [0.1, 0.15) is 5.54 Å². The molecule has 1 rings (SSSR count). The summed E-state index contributed by atoms with van der Waals surface area (Å²) < 4.78 is 0. The minimum Gasteiger partial charge on any atom is -0.306 e. The highest BCUT2D eigenvalue weighted by Crippen LogP contribution is 2.19. The highest BCUT2D eigenvalue weighted by Gasteiger charge is 2.27. The molecule has 122 valence electrons. The molecule has 0 aromatic carbocycles. The topological polar surface area (TPSA) is 42.3 Å². The third-order valence-corrected chi connectivity index (χ3v) is 4.96. The van der Waals surface area contributed by atoms with Crippen LogP contribution in [0.15, 0.2) is 0 Å². The molecular weight excluding hydrogens is 260 g/mol. The summed E-state index contributed by atoms with van der Waals surface area (Å²) in [5.41, 5.74) is -0.316. The van der Waals surface area contributed by atoms with Crippen LogP contribution in [0, 0.1) is 11.3 Å². The van der Waals surface area contributed by atoms with Gasteiger partial charge in [0, 0.05) is 6.04 Å². The first-order chi connectivity index (χ1) is 10.1. The monoisotopic (exact) mass is 294 g/mol. The number of nitrogens with one attached hydrogen (secondary N) is 1.